The van der Waals surface area contributed by atoms with Crippen molar-refractivity contribution in [2.45, 2.75) is 32.6 Å². The highest BCUT2D eigenvalue weighted by atomic mass is 32.1. The Kier molecular flexibility index (Phi) is 4.13. The Labute approximate surface area is 139 Å². The standard InChI is InChI=1S/C16H21N5OS/c1-2-5-20-6-3-12(4-7-20)10-14-18-15(22-19-14)13-11-21-8-9-23-16(21)17-13/h8-9,11-12H,2-7,10H2,1H3. The number of thiazole rings is 1. The lowest BCUT2D eigenvalue weighted by molar-refractivity contribution is 0.182. The number of rotatable bonds is 5. The quantitative estimate of drug-likeness (QED) is 0.719. The molecule has 3 aromatic heterocycles. The van der Waals surface area contributed by atoms with Crippen LogP contribution in [0.2, 0.25) is 0 Å². The highest BCUT2D eigenvalue weighted by Gasteiger charge is 2.21. The van der Waals surface area contributed by atoms with E-state index in [9.17, 15) is 0 Å². The zero-order valence-electron chi connectivity index (χ0n) is 13.3. The zero-order chi connectivity index (χ0) is 15.6. The molecule has 122 valence electrons. The largest absolute Gasteiger partial charge is 0.332 e. The van der Waals surface area contributed by atoms with Crippen molar-refractivity contribution in [1.82, 2.24) is 24.4 Å². The van der Waals surface area contributed by atoms with Crippen LogP contribution in [0.4, 0.5) is 0 Å². The van der Waals surface area contributed by atoms with Gasteiger partial charge in [0.25, 0.3) is 5.89 Å². The van der Waals surface area contributed by atoms with E-state index in [1.807, 2.05) is 22.2 Å². The summed E-state index contributed by atoms with van der Waals surface area (Å²) in [5, 5.41) is 6.16. The minimum absolute atomic E-state index is 0.527. The van der Waals surface area contributed by atoms with Gasteiger partial charge in [0.1, 0.15) is 5.69 Å². The van der Waals surface area contributed by atoms with Crippen molar-refractivity contribution < 1.29 is 4.52 Å². The van der Waals surface area contributed by atoms with Crippen LogP contribution >= 0.6 is 11.3 Å². The second-order valence-electron chi connectivity index (χ2n) is 6.22. The van der Waals surface area contributed by atoms with Gasteiger partial charge in [0.2, 0.25) is 0 Å². The molecule has 0 spiro atoms. The second kappa shape index (κ2) is 6.41. The molecule has 0 amide bonds. The van der Waals surface area contributed by atoms with Crippen LogP contribution in [0.25, 0.3) is 16.5 Å². The number of fused-ring (bicyclic) bond motifs is 1. The van der Waals surface area contributed by atoms with Crippen LogP contribution in [-0.2, 0) is 6.42 Å². The molecule has 7 heteroatoms. The molecular weight excluding hydrogens is 310 g/mol. The van der Waals surface area contributed by atoms with Crippen molar-refractivity contribution >= 4 is 16.3 Å². The molecule has 0 atom stereocenters. The normalized spacial score (nSPS) is 17.3. The third kappa shape index (κ3) is 3.16. The summed E-state index contributed by atoms with van der Waals surface area (Å²) in [7, 11) is 0. The summed E-state index contributed by atoms with van der Waals surface area (Å²) in [6.07, 6.45) is 8.52. The van der Waals surface area contributed by atoms with Gasteiger partial charge >= 0.3 is 0 Å². The lowest BCUT2D eigenvalue weighted by Gasteiger charge is -2.31. The average molecular weight is 331 g/mol. The van der Waals surface area contributed by atoms with E-state index in [1.54, 1.807) is 11.3 Å². The van der Waals surface area contributed by atoms with E-state index in [-0.39, 0.29) is 0 Å². The van der Waals surface area contributed by atoms with E-state index in [2.05, 4.69) is 26.9 Å². The molecule has 0 radical (unpaired) electrons. The van der Waals surface area contributed by atoms with Gasteiger partial charge in [0, 0.05) is 24.2 Å². The van der Waals surface area contributed by atoms with Gasteiger partial charge in [-0.1, -0.05) is 12.1 Å². The van der Waals surface area contributed by atoms with Crippen LogP contribution in [-0.4, -0.2) is 44.1 Å². The predicted molar refractivity (Wildman–Crippen MR) is 89.5 cm³/mol. The SMILES string of the molecule is CCCN1CCC(Cc2noc(-c3cn4ccsc4n3)n2)CC1. The number of hydrogen-bond donors (Lipinski definition) is 0. The number of imidazole rings is 1. The Morgan fingerprint density at radius 1 is 1.30 bits per heavy atom. The third-order valence-corrected chi connectivity index (χ3v) is 5.27. The van der Waals surface area contributed by atoms with Crippen molar-refractivity contribution in [2.24, 2.45) is 5.92 Å². The fourth-order valence-corrected chi connectivity index (χ4v) is 3.96. The topological polar surface area (TPSA) is 59.5 Å². The molecule has 4 heterocycles. The highest BCUT2D eigenvalue weighted by molar-refractivity contribution is 7.15. The fourth-order valence-electron chi connectivity index (χ4n) is 3.26. The summed E-state index contributed by atoms with van der Waals surface area (Å²) < 4.78 is 7.39. The first-order valence-corrected chi connectivity index (χ1v) is 9.17. The molecule has 0 saturated carbocycles. The van der Waals surface area contributed by atoms with E-state index in [0.29, 0.717) is 11.8 Å². The molecule has 3 aromatic rings. The van der Waals surface area contributed by atoms with Gasteiger partial charge in [-0.2, -0.15) is 4.98 Å². The summed E-state index contributed by atoms with van der Waals surface area (Å²) >= 11 is 1.60. The van der Waals surface area contributed by atoms with Crippen LogP contribution in [0.15, 0.2) is 22.3 Å². The highest BCUT2D eigenvalue weighted by Crippen LogP contribution is 2.23. The van der Waals surface area contributed by atoms with E-state index in [1.165, 1.54) is 38.9 Å². The summed E-state index contributed by atoms with van der Waals surface area (Å²) in [5.74, 6) is 2.00. The molecule has 6 nitrogen and oxygen atoms in total. The smallest absolute Gasteiger partial charge is 0.278 e. The van der Waals surface area contributed by atoms with E-state index < -0.39 is 0 Å². The molecule has 0 unspecified atom stereocenters. The van der Waals surface area contributed by atoms with Gasteiger partial charge in [-0.15, -0.1) is 11.3 Å². The molecule has 0 aliphatic carbocycles. The first kappa shape index (κ1) is 14.8. The molecule has 1 aliphatic rings. The Morgan fingerprint density at radius 3 is 2.96 bits per heavy atom. The minimum Gasteiger partial charge on any atom is -0.332 e. The van der Waals surface area contributed by atoms with Crippen molar-refractivity contribution in [3.63, 3.8) is 0 Å². The Bertz CT molecular complexity index is 740. The van der Waals surface area contributed by atoms with Crippen LogP contribution in [0, 0.1) is 5.92 Å². The Balaban J connectivity index is 1.39. The van der Waals surface area contributed by atoms with E-state index >= 15 is 0 Å². The molecule has 0 aromatic carbocycles. The van der Waals surface area contributed by atoms with Gasteiger partial charge in [0.15, 0.2) is 10.8 Å². The first-order chi connectivity index (χ1) is 11.3. The van der Waals surface area contributed by atoms with Crippen molar-refractivity contribution in [1.29, 1.82) is 0 Å². The Hall–Kier alpha value is -1.73. The van der Waals surface area contributed by atoms with Crippen molar-refractivity contribution in [2.75, 3.05) is 19.6 Å². The molecule has 23 heavy (non-hydrogen) atoms. The third-order valence-electron chi connectivity index (χ3n) is 4.50. The molecule has 0 bridgehead atoms. The molecule has 0 N–H and O–H groups in total. The summed E-state index contributed by atoms with van der Waals surface area (Å²) in [6.45, 7) is 5.85. The lowest BCUT2D eigenvalue weighted by Crippen LogP contribution is -2.34. The molecule has 1 saturated heterocycles. The summed E-state index contributed by atoms with van der Waals surface area (Å²) in [5.41, 5.74) is 0.758. The molecular formula is C16H21N5OS. The number of hydrogen-bond acceptors (Lipinski definition) is 6. The maximum atomic E-state index is 5.41. The molecule has 1 fully saturated rings. The van der Waals surface area contributed by atoms with Gasteiger partial charge in [-0.25, -0.2) is 4.98 Å². The maximum absolute atomic E-state index is 5.41. The average Bonchev–Trinajstić information content (AvgIpc) is 3.24. The minimum atomic E-state index is 0.527. The number of piperidine rings is 1. The van der Waals surface area contributed by atoms with Gasteiger partial charge in [-0.3, -0.25) is 4.40 Å². The number of likely N-dealkylation sites (tertiary alicyclic amines) is 1. The number of aromatic nitrogens is 4. The van der Waals surface area contributed by atoms with Crippen LogP contribution in [0.5, 0.6) is 0 Å². The Morgan fingerprint density at radius 2 is 2.17 bits per heavy atom. The summed E-state index contributed by atoms with van der Waals surface area (Å²) in [4.78, 5) is 12.6. The van der Waals surface area contributed by atoms with E-state index in [0.717, 1.165) is 22.9 Å². The van der Waals surface area contributed by atoms with Gasteiger partial charge in [0.05, 0.1) is 0 Å². The second-order valence-corrected chi connectivity index (χ2v) is 7.10. The summed E-state index contributed by atoms with van der Waals surface area (Å²) in [6, 6.07) is 0. The predicted octanol–water partition coefficient (Wildman–Crippen LogP) is 3.11. The zero-order valence-corrected chi connectivity index (χ0v) is 14.1. The maximum Gasteiger partial charge on any atom is 0.278 e. The molecule has 1 aliphatic heterocycles. The first-order valence-electron chi connectivity index (χ1n) is 8.29. The van der Waals surface area contributed by atoms with Crippen LogP contribution < -0.4 is 0 Å². The van der Waals surface area contributed by atoms with Crippen molar-refractivity contribution in [3.8, 4) is 11.6 Å². The van der Waals surface area contributed by atoms with Crippen LogP contribution in [0.1, 0.15) is 32.0 Å². The number of nitrogens with zero attached hydrogens (tertiary/aromatic N) is 5. The van der Waals surface area contributed by atoms with Crippen molar-refractivity contribution in [3.05, 3.63) is 23.6 Å². The van der Waals surface area contributed by atoms with Crippen LogP contribution in [0.3, 0.4) is 0 Å². The van der Waals surface area contributed by atoms with Gasteiger partial charge < -0.3 is 9.42 Å². The monoisotopic (exact) mass is 331 g/mol. The van der Waals surface area contributed by atoms with E-state index in [4.69, 9.17) is 4.52 Å². The fraction of sp³-hybridized carbons (Fsp3) is 0.562. The molecule has 4 rings (SSSR count). The lowest BCUT2D eigenvalue weighted by atomic mass is 9.93. The van der Waals surface area contributed by atoms with Gasteiger partial charge in [-0.05, 0) is 44.8 Å².